The molecule has 1 atom stereocenters. The second-order valence-corrected chi connectivity index (χ2v) is 4.45. The SMILES string of the molecule is [2H]C(=C=C(C)C(O)CCCCCC)CCCC. The molecule has 16 heavy (non-hydrogen) atoms. The molecule has 0 fully saturated rings. The molecule has 0 aliphatic rings. The minimum atomic E-state index is -0.408. The summed E-state index contributed by atoms with van der Waals surface area (Å²) in [7, 11) is 0. The Morgan fingerprint density at radius 1 is 1.25 bits per heavy atom. The van der Waals surface area contributed by atoms with Crippen molar-refractivity contribution in [1.29, 1.82) is 0 Å². The lowest BCUT2D eigenvalue weighted by Crippen LogP contribution is -2.06. The fourth-order valence-corrected chi connectivity index (χ4v) is 1.53. The van der Waals surface area contributed by atoms with Crippen molar-refractivity contribution in [3.63, 3.8) is 0 Å². The average molecular weight is 225 g/mol. The number of hydrogen-bond acceptors (Lipinski definition) is 1. The number of unbranched alkanes of at least 4 members (excludes halogenated alkanes) is 4. The molecule has 0 aliphatic heterocycles. The van der Waals surface area contributed by atoms with Crippen molar-refractivity contribution in [3.8, 4) is 0 Å². The molecular formula is C15H28O. The number of hydrogen-bond donors (Lipinski definition) is 1. The van der Waals surface area contributed by atoms with E-state index in [0.717, 1.165) is 37.7 Å². The highest BCUT2D eigenvalue weighted by Crippen LogP contribution is 2.11. The lowest BCUT2D eigenvalue weighted by atomic mass is 10.0. The van der Waals surface area contributed by atoms with E-state index in [1.807, 2.05) is 6.92 Å². The molecule has 1 unspecified atom stereocenters. The van der Waals surface area contributed by atoms with Gasteiger partial charge in [-0.3, -0.25) is 0 Å². The van der Waals surface area contributed by atoms with Gasteiger partial charge < -0.3 is 5.11 Å². The zero-order chi connectivity index (χ0) is 13.1. The van der Waals surface area contributed by atoms with Crippen molar-refractivity contribution in [2.75, 3.05) is 0 Å². The van der Waals surface area contributed by atoms with Gasteiger partial charge in [0, 0.05) is 0 Å². The fraction of sp³-hybridized carbons (Fsp3) is 0.800. The van der Waals surface area contributed by atoms with Crippen molar-refractivity contribution < 1.29 is 6.48 Å². The highest BCUT2D eigenvalue weighted by atomic mass is 16.3. The van der Waals surface area contributed by atoms with E-state index in [1.165, 1.54) is 19.3 Å². The maximum Gasteiger partial charge on any atom is 0.0820 e. The van der Waals surface area contributed by atoms with E-state index < -0.39 is 6.10 Å². The van der Waals surface area contributed by atoms with Crippen LogP contribution in [0.5, 0.6) is 0 Å². The minimum absolute atomic E-state index is 0.408. The van der Waals surface area contributed by atoms with Crippen LogP contribution in [-0.4, -0.2) is 11.2 Å². The van der Waals surface area contributed by atoms with Crippen LogP contribution in [0.25, 0.3) is 0 Å². The Bertz CT molecular complexity index is 252. The summed E-state index contributed by atoms with van der Waals surface area (Å²) in [6.07, 6.45) is 8.02. The van der Waals surface area contributed by atoms with Crippen molar-refractivity contribution in [2.45, 2.75) is 78.2 Å². The van der Waals surface area contributed by atoms with Gasteiger partial charge in [0.2, 0.25) is 0 Å². The molecule has 0 spiro atoms. The molecule has 1 heteroatoms. The molecule has 0 aliphatic carbocycles. The number of aliphatic hydroxyl groups excluding tert-OH is 1. The summed E-state index contributed by atoms with van der Waals surface area (Å²) in [5, 5.41) is 9.90. The molecule has 0 bridgehead atoms. The first-order chi connectivity index (χ1) is 8.11. The maximum absolute atomic E-state index is 9.90. The van der Waals surface area contributed by atoms with Gasteiger partial charge in [-0.2, -0.15) is 0 Å². The normalized spacial score (nSPS) is 12.9. The predicted molar refractivity (Wildman–Crippen MR) is 71.6 cm³/mol. The predicted octanol–water partition coefficient (Wildman–Crippen LogP) is 4.61. The maximum atomic E-state index is 9.90. The molecule has 0 saturated carbocycles. The second kappa shape index (κ2) is 11.0. The van der Waals surface area contributed by atoms with Gasteiger partial charge in [-0.1, -0.05) is 46.0 Å². The van der Waals surface area contributed by atoms with Gasteiger partial charge >= 0.3 is 0 Å². The standard InChI is InChI=1S/C15H28O/c1-4-6-8-10-12-14(3)15(16)13-11-9-7-5-2/h10,15-16H,4-9,11,13H2,1-3H3/i10D. The van der Waals surface area contributed by atoms with Crippen LogP contribution in [-0.2, 0) is 0 Å². The molecule has 1 N–H and O–H groups in total. The summed E-state index contributed by atoms with van der Waals surface area (Å²) in [4.78, 5) is 0. The van der Waals surface area contributed by atoms with Crippen molar-refractivity contribution in [2.24, 2.45) is 0 Å². The van der Waals surface area contributed by atoms with Crippen LogP contribution < -0.4 is 0 Å². The van der Waals surface area contributed by atoms with Crippen LogP contribution in [0.4, 0.5) is 0 Å². The highest BCUT2D eigenvalue weighted by Gasteiger charge is 2.04. The third kappa shape index (κ3) is 8.76. The van der Waals surface area contributed by atoms with Crippen molar-refractivity contribution >= 4 is 0 Å². The molecule has 0 amide bonds. The molecule has 0 aromatic rings. The monoisotopic (exact) mass is 225 g/mol. The average Bonchev–Trinajstić information content (AvgIpc) is 2.31. The third-order valence-electron chi connectivity index (χ3n) is 2.77. The Balaban J connectivity index is 4.08. The topological polar surface area (TPSA) is 20.2 Å². The smallest absolute Gasteiger partial charge is 0.0820 e. The second-order valence-electron chi connectivity index (χ2n) is 4.45. The van der Waals surface area contributed by atoms with Gasteiger partial charge in [-0.15, -0.1) is 5.73 Å². The summed E-state index contributed by atoms with van der Waals surface area (Å²) in [5.41, 5.74) is 3.83. The Morgan fingerprint density at radius 2 is 1.94 bits per heavy atom. The molecule has 0 rings (SSSR count). The molecule has 0 heterocycles. The Labute approximate surface area is 103 Å². The number of rotatable bonds is 9. The van der Waals surface area contributed by atoms with Crippen LogP contribution in [0.2, 0.25) is 0 Å². The highest BCUT2D eigenvalue weighted by molar-refractivity contribution is 5.04. The quantitative estimate of drug-likeness (QED) is 0.449. The number of aliphatic hydroxyl groups is 1. The minimum Gasteiger partial charge on any atom is -0.388 e. The Hall–Kier alpha value is -0.520. The molecule has 1 nitrogen and oxygen atoms in total. The summed E-state index contributed by atoms with van der Waals surface area (Å²) < 4.78 is 7.72. The molecule has 94 valence electrons. The Kier molecular flexibility index (Phi) is 9.30. The van der Waals surface area contributed by atoms with Gasteiger partial charge in [0.05, 0.1) is 7.47 Å². The van der Waals surface area contributed by atoms with E-state index in [2.05, 4.69) is 19.6 Å². The lowest BCUT2D eigenvalue weighted by Gasteiger charge is -2.08. The van der Waals surface area contributed by atoms with E-state index in [4.69, 9.17) is 1.37 Å². The first kappa shape index (κ1) is 13.5. The summed E-state index contributed by atoms with van der Waals surface area (Å²) in [6, 6.07) is 0.525. The van der Waals surface area contributed by atoms with E-state index in [0.29, 0.717) is 6.05 Å². The third-order valence-corrected chi connectivity index (χ3v) is 2.77. The molecule has 0 aromatic carbocycles. The first-order valence-corrected chi connectivity index (χ1v) is 6.72. The van der Waals surface area contributed by atoms with Crippen LogP contribution in [0, 0.1) is 0 Å². The van der Waals surface area contributed by atoms with E-state index in [1.54, 1.807) is 0 Å². The zero-order valence-corrected chi connectivity index (χ0v) is 11.2. The van der Waals surface area contributed by atoms with Crippen LogP contribution in [0.1, 0.15) is 73.5 Å². The largest absolute Gasteiger partial charge is 0.388 e. The zero-order valence-electron chi connectivity index (χ0n) is 12.2. The van der Waals surface area contributed by atoms with Gasteiger partial charge in [0.1, 0.15) is 0 Å². The van der Waals surface area contributed by atoms with Gasteiger partial charge in [-0.25, -0.2) is 0 Å². The van der Waals surface area contributed by atoms with E-state index >= 15 is 0 Å². The summed E-state index contributed by atoms with van der Waals surface area (Å²) >= 11 is 0. The molecule has 0 aromatic heterocycles. The molecular weight excluding hydrogens is 196 g/mol. The lowest BCUT2D eigenvalue weighted by molar-refractivity contribution is 0.196. The van der Waals surface area contributed by atoms with Gasteiger partial charge in [0.25, 0.3) is 0 Å². The van der Waals surface area contributed by atoms with E-state index in [-0.39, 0.29) is 0 Å². The van der Waals surface area contributed by atoms with Crippen LogP contribution in [0.15, 0.2) is 17.4 Å². The molecule has 0 saturated heterocycles. The van der Waals surface area contributed by atoms with Gasteiger partial charge in [0.15, 0.2) is 0 Å². The summed E-state index contributed by atoms with van der Waals surface area (Å²) in [6.45, 7) is 6.18. The van der Waals surface area contributed by atoms with Crippen molar-refractivity contribution in [3.05, 3.63) is 17.4 Å². The Morgan fingerprint density at radius 3 is 2.56 bits per heavy atom. The van der Waals surface area contributed by atoms with Crippen LogP contribution >= 0.6 is 0 Å². The first-order valence-electron chi connectivity index (χ1n) is 7.22. The van der Waals surface area contributed by atoms with Crippen LogP contribution in [0.3, 0.4) is 0 Å². The van der Waals surface area contributed by atoms with Crippen molar-refractivity contribution in [1.82, 2.24) is 0 Å². The van der Waals surface area contributed by atoms with Gasteiger partial charge in [-0.05, 0) is 37.8 Å². The fourth-order valence-electron chi connectivity index (χ4n) is 1.53. The van der Waals surface area contributed by atoms with E-state index in [9.17, 15) is 5.11 Å². The molecule has 0 radical (unpaired) electrons. The summed E-state index contributed by atoms with van der Waals surface area (Å²) in [5.74, 6) is 0.